The summed E-state index contributed by atoms with van der Waals surface area (Å²) >= 11 is 0. The first-order valence-corrected chi connectivity index (χ1v) is 6.72. The van der Waals surface area contributed by atoms with Gasteiger partial charge in [0.25, 0.3) is 0 Å². The van der Waals surface area contributed by atoms with Gasteiger partial charge in [0, 0.05) is 6.04 Å². The molecule has 1 heterocycles. The summed E-state index contributed by atoms with van der Waals surface area (Å²) < 4.78 is 23.3. The number of sulfone groups is 1. The lowest BCUT2D eigenvalue weighted by Crippen LogP contribution is -2.33. The highest BCUT2D eigenvalue weighted by Crippen LogP contribution is 2.13. The Kier molecular flexibility index (Phi) is 3.74. The van der Waals surface area contributed by atoms with Crippen LogP contribution in [-0.4, -0.2) is 32.0 Å². The summed E-state index contributed by atoms with van der Waals surface area (Å²) in [5, 5.41) is 3.12. The Morgan fingerprint density at radius 3 is 2.77 bits per heavy atom. The summed E-state index contributed by atoms with van der Waals surface area (Å²) in [6, 6.07) is 0.181. The molecule has 0 aromatic rings. The van der Waals surface area contributed by atoms with Gasteiger partial charge in [0.2, 0.25) is 0 Å². The summed E-state index contributed by atoms with van der Waals surface area (Å²) in [5.41, 5.74) is 0. The molecule has 1 saturated heterocycles. The van der Waals surface area contributed by atoms with E-state index >= 15 is 0 Å². The SMILES string of the molecule is CCCC1CS(=O)(=O)C(C)CCN1. The summed E-state index contributed by atoms with van der Waals surface area (Å²) in [6.45, 7) is 4.74. The van der Waals surface area contributed by atoms with Gasteiger partial charge in [-0.1, -0.05) is 13.3 Å². The number of nitrogens with one attached hydrogen (secondary N) is 1. The van der Waals surface area contributed by atoms with E-state index in [1.165, 1.54) is 0 Å². The Hall–Kier alpha value is -0.0900. The second-order valence-electron chi connectivity index (χ2n) is 3.87. The fourth-order valence-corrected chi connectivity index (χ4v) is 3.36. The second-order valence-corrected chi connectivity index (χ2v) is 6.33. The predicted molar refractivity (Wildman–Crippen MR) is 54.6 cm³/mol. The third kappa shape index (κ3) is 2.95. The van der Waals surface area contributed by atoms with Crippen molar-refractivity contribution in [3.05, 3.63) is 0 Å². The van der Waals surface area contributed by atoms with Crippen LogP contribution in [0.2, 0.25) is 0 Å². The zero-order valence-electron chi connectivity index (χ0n) is 8.41. The van der Waals surface area contributed by atoms with Crippen LogP contribution < -0.4 is 5.32 Å². The van der Waals surface area contributed by atoms with Crippen LogP contribution in [0.1, 0.15) is 33.1 Å². The van der Waals surface area contributed by atoms with E-state index in [1.54, 1.807) is 0 Å². The first kappa shape index (κ1) is 11.0. The van der Waals surface area contributed by atoms with E-state index in [-0.39, 0.29) is 11.3 Å². The van der Waals surface area contributed by atoms with Gasteiger partial charge in [-0.25, -0.2) is 8.42 Å². The quantitative estimate of drug-likeness (QED) is 0.730. The minimum absolute atomic E-state index is 0.165. The van der Waals surface area contributed by atoms with E-state index in [2.05, 4.69) is 12.2 Å². The van der Waals surface area contributed by atoms with Gasteiger partial charge in [-0.2, -0.15) is 0 Å². The van der Waals surface area contributed by atoms with E-state index in [4.69, 9.17) is 0 Å². The lowest BCUT2D eigenvalue weighted by molar-refractivity contribution is 0.514. The molecule has 0 spiro atoms. The number of hydrogen-bond acceptors (Lipinski definition) is 3. The maximum Gasteiger partial charge on any atom is 0.154 e. The maximum absolute atomic E-state index is 11.6. The molecule has 1 aliphatic rings. The molecule has 0 aromatic carbocycles. The zero-order chi connectivity index (χ0) is 9.90. The molecule has 0 saturated carbocycles. The third-order valence-corrected chi connectivity index (χ3v) is 5.00. The Morgan fingerprint density at radius 1 is 1.46 bits per heavy atom. The summed E-state index contributed by atoms with van der Waals surface area (Å²) in [5.74, 6) is 0.321. The second kappa shape index (κ2) is 4.42. The van der Waals surface area contributed by atoms with Crippen LogP contribution in [-0.2, 0) is 9.84 Å². The van der Waals surface area contributed by atoms with Crippen molar-refractivity contribution in [3.8, 4) is 0 Å². The van der Waals surface area contributed by atoms with Crippen LogP contribution in [0.5, 0.6) is 0 Å². The van der Waals surface area contributed by atoms with Gasteiger partial charge in [0.1, 0.15) is 0 Å². The average molecular weight is 205 g/mol. The fourth-order valence-electron chi connectivity index (χ4n) is 1.71. The number of rotatable bonds is 2. The monoisotopic (exact) mass is 205 g/mol. The van der Waals surface area contributed by atoms with Crippen molar-refractivity contribution < 1.29 is 8.42 Å². The Morgan fingerprint density at radius 2 is 2.15 bits per heavy atom. The lowest BCUT2D eigenvalue weighted by Gasteiger charge is -2.13. The molecule has 2 atom stereocenters. The van der Waals surface area contributed by atoms with Crippen molar-refractivity contribution in [3.63, 3.8) is 0 Å². The molecule has 2 unspecified atom stereocenters. The van der Waals surface area contributed by atoms with Crippen LogP contribution >= 0.6 is 0 Å². The third-order valence-electron chi connectivity index (χ3n) is 2.67. The molecule has 0 amide bonds. The maximum atomic E-state index is 11.6. The molecule has 1 aliphatic heterocycles. The Bertz CT molecular complexity index is 248. The van der Waals surface area contributed by atoms with E-state index in [0.717, 1.165) is 25.8 Å². The minimum atomic E-state index is -2.83. The first-order valence-electron chi connectivity index (χ1n) is 5.01. The molecule has 0 aliphatic carbocycles. The van der Waals surface area contributed by atoms with Crippen LogP contribution in [0.15, 0.2) is 0 Å². The van der Waals surface area contributed by atoms with Gasteiger partial charge in [-0.15, -0.1) is 0 Å². The summed E-state index contributed by atoms with van der Waals surface area (Å²) in [6.07, 6.45) is 2.76. The zero-order valence-corrected chi connectivity index (χ0v) is 9.23. The van der Waals surface area contributed by atoms with Crippen LogP contribution in [0.4, 0.5) is 0 Å². The standard InChI is InChI=1S/C9H19NO2S/c1-3-4-9-7-13(11,12)8(2)5-6-10-9/h8-10H,3-7H2,1-2H3. The van der Waals surface area contributed by atoms with E-state index in [9.17, 15) is 8.42 Å². The van der Waals surface area contributed by atoms with Gasteiger partial charge in [0.15, 0.2) is 9.84 Å². The molecule has 13 heavy (non-hydrogen) atoms. The highest BCUT2D eigenvalue weighted by Gasteiger charge is 2.27. The molecule has 1 fully saturated rings. The van der Waals surface area contributed by atoms with Crippen LogP contribution in [0.3, 0.4) is 0 Å². The molecular weight excluding hydrogens is 186 g/mol. The average Bonchev–Trinajstić information content (AvgIpc) is 2.13. The van der Waals surface area contributed by atoms with Gasteiger partial charge >= 0.3 is 0 Å². The largest absolute Gasteiger partial charge is 0.313 e. The van der Waals surface area contributed by atoms with Crippen molar-refractivity contribution in [2.24, 2.45) is 0 Å². The van der Waals surface area contributed by atoms with E-state index in [0.29, 0.717) is 5.75 Å². The molecular formula is C9H19NO2S. The highest BCUT2D eigenvalue weighted by atomic mass is 32.2. The highest BCUT2D eigenvalue weighted by molar-refractivity contribution is 7.92. The van der Waals surface area contributed by atoms with Crippen molar-refractivity contribution in [2.75, 3.05) is 12.3 Å². The predicted octanol–water partition coefficient (Wildman–Crippen LogP) is 0.952. The summed E-state index contributed by atoms with van der Waals surface area (Å²) in [4.78, 5) is 0. The first-order chi connectivity index (χ1) is 6.06. The van der Waals surface area contributed by atoms with Crippen molar-refractivity contribution >= 4 is 9.84 Å². The summed E-state index contributed by atoms with van der Waals surface area (Å²) in [7, 11) is -2.83. The van der Waals surface area contributed by atoms with E-state index in [1.807, 2.05) is 6.92 Å². The number of hydrogen-bond donors (Lipinski definition) is 1. The molecule has 0 aromatic heterocycles. The van der Waals surface area contributed by atoms with Gasteiger partial charge in [-0.3, -0.25) is 0 Å². The molecule has 1 N–H and O–H groups in total. The molecule has 0 bridgehead atoms. The van der Waals surface area contributed by atoms with E-state index < -0.39 is 9.84 Å². The van der Waals surface area contributed by atoms with Crippen LogP contribution in [0.25, 0.3) is 0 Å². The Labute approximate surface area is 80.8 Å². The topological polar surface area (TPSA) is 46.2 Å². The molecule has 0 radical (unpaired) electrons. The Balaban J connectivity index is 2.65. The molecule has 4 heteroatoms. The molecule has 78 valence electrons. The normalized spacial score (nSPS) is 34.0. The van der Waals surface area contributed by atoms with Crippen LogP contribution in [0, 0.1) is 0 Å². The van der Waals surface area contributed by atoms with Crippen molar-refractivity contribution in [1.82, 2.24) is 5.32 Å². The lowest BCUT2D eigenvalue weighted by atomic mass is 10.2. The smallest absolute Gasteiger partial charge is 0.154 e. The minimum Gasteiger partial charge on any atom is -0.313 e. The van der Waals surface area contributed by atoms with Gasteiger partial charge < -0.3 is 5.32 Å². The van der Waals surface area contributed by atoms with Gasteiger partial charge in [-0.05, 0) is 26.3 Å². The van der Waals surface area contributed by atoms with Crippen molar-refractivity contribution in [1.29, 1.82) is 0 Å². The molecule has 3 nitrogen and oxygen atoms in total. The molecule has 1 rings (SSSR count). The van der Waals surface area contributed by atoms with Crippen molar-refractivity contribution in [2.45, 2.75) is 44.4 Å². The fraction of sp³-hybridized carbons (Fsp3) is 1.00. The van der Waals surface area contributed by atoms with Gasteiger partial charge in [0.05, 0.1) is 11.0 Å².